The number of benzene rings is 1. The predicted octanol–water partition coefficient (Wildman–Crippen LogP) is 2.96. The molecule has 130 valence electrons. The van der Waals surface area contributed by atoms with Crippen molar-refractivity contribution in [3.63, 3.8) is 0 Å². The van der Waals surface area contributed by atoms with Gasteiger partial charge in [0.15, 0.2) is 0 Å². The number of carbonyl (C=O) groups excluding carboxylic acids is 3. The average Bonchev–Trinajstić information content (AvgIpc) is 3.29. The third kappa shape index (κ3) is 2.49. The van der Waals surface area contributed by atoms with Crippen LogP contribution >= 0.6 is 0 Å². The maximum atomic E-state index is 12.8. The molecule has 1 saturated heterocycles. The van der Waals surface area contributed by atoms with Crippen molar-refractivity contribution in [1.82, 2.24) is 0 Å². The van der Waals surface area contributed by atoms with E-state index in [2.05, 4.69) is 12.2 Å². The molecule has 1 heterocycles. The average molecular weight is 339 g/mol. The molecule has 1 aromatic carbocycles. The summed E-state index contributed by atoms with van der Waals surface area (Å²) in [4.78, 5) is 38.8. The van der Waals surface area contributed by atoms with Crippen LogP contribution in [0.3, 0.4) is 0 Å². The van der Waals surface area contributed by atoms with Gasteiger partial charge < -0.3 is 4.74 Å². The quantitative estimate of drug-likeness (QED) is 0.358. The van der Waals surface area contributed by atoms with Gasteiger partial charge in [0.25, 0.3) is 0 Å². The Morgan fingerprint density at radius 3 is 2.24 bits per heavy atom. The molecule has 0 aromatic heterocycles. The zero-order valence-corrected chi connectivity index (χ0v) is 14.2. The Hall–Kier alpha value is -2.43. The Balaban J connectivity index is 1.50. The van der Waals surface area contributed by atoms with Crippen LogP contribution in [0.25, 0.3) is 0 Å². The lowest BCUT2D eigenvalue weighted by Crippen LogP contribution is -2.32. The number of imide groups is 1. The van der Waals surface area contributed by atoms with Crippen LogP contribution in [0.2, 0.25) is 0 Å². The number of nitrogens with zero attached hydrogens (tertiary/aromatic N) is 1. The van der Waals surface area contributed by atoms with Gasteiger partial charge in [0.1, 0.15) is 0 Å². The van der Waals surface area contributed by atoms with Gasteiger partial charge in [0.05, 0.1) is 29.7 Å². The highest BCUT2D eigenvalue weighted by Gasteiger charge is 2.59. The summed E-state index contributed by atoms with van der Waals surface area (Å²) in [6.45, 7) is 2.43. The normalized spacial score (nSPS) is 29.4. The first-order chi connectivity index (χ1) is 12.1. The van der Waals surface area contributed by atoms with Gasteiger partial charge in [-0.25, -0.2) is 4.79 Å². The molecule has 25 heavy (non-hydrogen) atoms. The van der Waals surface area contributed by atoms with Gasteiger partial charge >= 0.3 is 5.97 Å². The summed E-state index contributed by atoms with van der Waals surface area (Å²) in [5.41, 5.74) is 0.967. The largest absolute Gasteiger partial charge is 0.462 e. The van der Waals surface area contributed by atoms with E-state index >= 15 is 0 Å². The molecular weight excluding hydrogens is 318 g/mol. The number of carbonyl (C=O) groups is 3. The molecule has 2 amide bonds. The van der Waals surface area contributed by atoms with Crippen LogP contribution in [0.4, 0.5) is 5.69 Å². The van der Waals surface area contributed by atoms with Crippen LogP contribution in [0.5, 0.6) is 0 Å². The summed E-state index contributed by atoms with van der Waals surface area (Å²) in [6, 6.07) is 6.54. The Labute approximate surface area is 146 Å². The fourth-order valence-electron chi connectivity index (χ4n) is 4.30. The minimum atomic E-state index is -0.377. The summed E-state index contributed by atoms with van der Waals surface area (Å²) in [5, 5.41) is 0. The molecule has 5 nitrogen and oxygen atoms in total. The lowest BCUT2D eigenvalue weighted by Gasteiger charge is -2.17. The van der Waals surface area contributed by atoms with Crippen molar-refractivity contribution in [2.75, 3.05) is 11.5 Å². The second kappa shape index (κ2) is 6.14. The molecule has 2 fully saturated rings. The molecule has 3 aliphatic rings. The first-order valence-electron chi connectivity index (χ1n) is 8.95. The SMILES string of the molecule is CCCCOC(=O)c1ccc(N2C(=O)[C@@H]3[C@H](C2=O)[C@@H]2C=C[C@@H]3C2)cc1. The van der Waals surface area contributed by atoms with Crippen molar-refractivity contribution < 1.29 is 19.1 Å². The zero-order chi connectivity index (χ0) is 17.6. The minimum Gasteiger partial charge on any atom is -0.462 e. The van der Waals surface area contributed by atoms with Gasteiger partial charge in [-0.2, -0.15) is 0 Å². The topological polar surface area (TPSA) is 63.7 Å². The molecular formula is C20H21NO4. The first kappa shape index (κ1) is 16.1. The van der Waals surface area contributed by atoms with Crippen molar-refractivity contribution in [1.29, 1.82) is 0 Å². The first-order valence-corrected chi connectivity index (χ1v) is 8.95. The number of esters is 1. The highest BCUT2D eigenvalue weighted by Crippen LogP contribution is 2.53. The van der Waals surface area contributed by atoms with E-state index in [4.69, 9.17) is 4.74 Å². The van der Waals surface area contributed by atoms with Crippen molar-refractivity contribution in [3.05, 3.63) is 42.0 Å². The molecule has 1 aromatic rings. The molecule has 1 saturated carbocycles. The van der Waals surface area contributed by atoms with E-state index in [0.717, 1.165) is 19.3 Å². The number of hydrogen-bond donors (Lipinski definition) is 0. The molecule has 0 N–H and O–H groups in total. The second-order valence-electron chi connectivity index (χ2n) is 7.05. The number of amides is 2. The van der Waals surface area contributed by atoms with Crippen LogP contribution in [0.15, 0.2) is 36.4 Å². The smallest absolute Gasteiger partial charge is 0.338 e. The molecule has 0 unspecified atom stereocenters. The van der Waals surface area contributed by atoms with E-state index in [0.29, 0.717) is 17.9 Å². The van der Waals surface area contributed by atoms with E-state index in [1.807, 2.05) is 6.92 Å². The molecule has 1 aliphatic heterocycles. The van der Waals surface area contributed by atoms with Crippen LogP contribution < -0.4 is 4.90 Å². The molecule has 5 heteroatoms. The third-order valence-electron chi connectivity index (χ3n) is 5.56. The number of anilines is 1. The highest BCUT2D eigenvalue weighted by atomic mass is 16.5. The maximum Gasteiger partial charge on any atom is 0.338 e. The number of ether oxygens (including phenoxy) is 1. The van der Waals surface area contributed by atoms with Crippen molar-refractivity contribution >= 4 is 23.5 Å². The number of hydrogen-bond acceptors (Lipinski definition) is 4. The number of allylic oxidation sites excluding steroid dienone is 2. The van der Waals surface area contributed by atoms with E-state index < -0.39 is 0 Å². The summed E-state index contributed by atoms with van der Waals surface area (Å²) >= 11 is 0. The van der Waals surface area contributed by atoms with Gasteiger partial charge in [0.2, 0.25) is 11.8 Å². The maximum absolute atomic E-state index is 12.8. The lowest BCUT2D eigenvalue weighted by atomic mass is 9.85. The zero-order valence-electron chi connectivity index (χ0n) is 14.2. The van der Waals surface area contributed by atoms with Crippen molar-refractivity contribution in [3.8, 4) is 0 Å². The monoisotopic (exact) mass is 339 g/mol. The Morgan fingerprint density at radius 2 is 1.68 bits per heavy atom. The van der Waals surface area contributed by atoms with Crippen LogP contribution in [-0.4, -0.2) is 24.4 Å². The molecule has 0 radical (unpaired) electrons. The van der Waals surface area contributed by atoms with Gasteiger partial charge in [-0.05, 0) is 48.9 Å². The van der Waals surface area contributed by atoms with E-state index in [1.165, 1.54) is 4.90 Å². The van der Waals surface area contributed by atoms with E-state index in [9.17, 15) is 14.4 Å². The molecule has 4 atom stereocenters. The molecule has 2 bridgehead atoms. The van der Waals surface area contributed by atoms with Gasteiger partial charge in [-0.3, -0.25) is 14.5 Å². The van der Waals surface area contributed by atoms with Crippen molar-refractivity contribution in [2.24, 2.45) is 23.7 Å². The summed E-state index contributed by atoms with van der Waals surface area (Å²) in [6.07, 6.45) is 6.87. The second-order valence-corrected chi connectivity index (χ2v) is 7.05. The van der Waals surface area contributed by atoms with Crippen LogP contribution in [0.1, 0.15) is 36.5 Å². The number of fused-ring (bicyclic) bond motifs is 5. The Bertz CT molecular complexity index is 721. The van der Waals surface area contributed by atoms with Gasteiger partial charge in [-0.15, -0.1) is 0 Å². The number of unbranched alkanes of at least 4 members (excludes halogenated alkanes) is 1. The minimum absolute atomic E-state index is 0.106. The van der Waals surface area contributed by atoms with Gasteiger partial charge in [-0.1, -0.05) is 25.5 Å². The fraction of sp³-hybridized carbons (Fsp3) is 0.450. The van der Waals surface area contributed by atoms with E-state index in [-0.39, 0.29) is 41.5 Å². The third-order valence-corrected chi connectivity index (χ3v) is 5.56. The van der Waals surface area contributed by atoms with Crippen LogP contribution in [0, 0.1) is 23.7 Å². The fourth-order valence-corrected chi connectivity index (χ4v) is 4.30. The number of rotatable bonds is 5. The molecule has 2 aliphatic carbocycles. The highest BCUT2D eigenvalue weighted by molar-refractivity contribution is 6.22. The molecule has 0 spiro atoms. The van der Waals surface area contributed by atoms with E-state index in [1.54, 1.807) is 24.3 Å². The Kier molecular flexibility index (Phi) is 3.94. The van der Waals surface area contributed by atoms with Gasteiger partial charge in [0, 0.05) is 0 Å². The summed E-state index contributed by atoms with van der Waals surface area (Å²) < 4.78 is 5.18. The summed E-state index contributed by atoms with van der Waals surface area (Å²) in [7, 11) is 0. The van der Waals surface area contributed by atoms with Crippen LogP contribution in [-0.2, 0) is 14.3 Å². The lowest BCUT2D eigenvalue weighted by molar-refractivity contribution is -0.123. The predicted molar refractivity (Wildman–Crippen MR) is 91.8 cm³/mol. The van der Waals surface area contributed by atoms with Crippen molar-refractivity contribution in [2.45, 2.75) is 26.2 Å². The standard InChI is InChI=1S/C20H21NO4/c1-2-3-10-25-20(24)12-6-8-15(9-7-12)21-18(22)16-13-4-5-14(11-13)17(16)19(21)23/h4-9,13-14,16-17H,2-3,10-11H2,1H3/t13-,14-,16-,17+/m1/s1. The molecule has 4 rings (SSSR count). The summed E-state index contributed by atoms with van der Waals surface area (Å²) in [5.74, 6) is -0.607. The Morgan fingerprint density at radius 1 is 1.08 bits per heavy atom.